The molecule has 0 radical (unpaired) electrons. The highest BCUT2D eigenvalue weighted by Crippen LogP contribution is 2.19. The lowest BCUT2D eigenvalue weighted by atomic mass is 10.2. The van der Waals surface area contributed by atoms with E-state index in [1.165, 1.54) is 30.3 Å². The molecule has 0 aliphatic rings. The molecule has 27 heavy (non-hydrogen) atoms. The number of benzene rings is 1. The van der Waals surface area contributed by atoms with E-state index in [0.717, 1.165) is 0 Å². The zero-order valence-corrected chi connectivity index (χ0v) is 14.0. The first kappa shape index (κ1) is 19.8. The predicted molar refractivity (Wildman–Crippen MR) is 86.2 cm³/mol. The second-order valence-corrected chi connectivity index (χ2v) is 5.09. The summed E-state index contributed by atoms with van der Waals surface area (Å²) in [5.41, 5.74) is -0.176. The summed E-state index contributed by atoms with van der Waals surface area (Å²) in [6.07, 6.45) is 0. The highest BCUT2D eigenvalue weighted by Gasteiger charge is 2.17. The van der Waals surface area contributed by atoms with Crippen LogP contribution in [0.25, 0.3) is 0 Å². The van der Waals surface area contributed by atoms with Crippen molar-refractivity contribution in [2.75, 3.05) is 18.5 Å². The van der Waals surface area contributed by atoms with Gasteiger partial charge in [-0.15, -0.1) is 0 Å². The quantitative estimate of drug-likeness (QED) is 0.663. The molecule has 0 unspecified atom stereocenters. The molecule has 0 bridgehead atoms. The molecular formula is C16H15F2N3O6. The number of carbonyl (C=O) groups excluding carboxylic acids is 3. The van der Waals surface area contributed by atoms with Crippen molar-refractivity contribution < 1.29 is 37.2 Å². The Hall–Kier alpha value is -3.50. The molecule has 0 saturated heterocycles. The van der Waals surface area contributed by atoms with Crippen molar-refractivity contribution >= 4 is 23.6 Å². The van der Waals surface area contributed by atoms with Crippen LogP contribution >= 0.6 is 0 Å². The minimum Gasteiger partial charge on any atom is -0.454 e. The smallest absolute Gasteiger partial charge is 0.387 e. The number of halogens is 2. The van der Waals surface area contributed by atoms with Gasteiger partial charge in [-0.1, -0.05) is 17.3 Å². The molecule has 0 aliphatic carbocycles. The highest BCUT2D eigenvalue weighted by atomic mass is 19.3. The predicted octanol–water partition coefficient (Wildman–Crippen LogP) is 1.50. The number of hydrogen-bond acceptors (Lipinski definition) is 7. The number of nitrogens with zero attached hydrogens (tertiary/aromatic N) is 1. The number of aryl methyl sites for hydroxylation is 1. The summed E-state index contributed by atoms with van der Waals surface area (Å²) in [4.78, 5) is 35.2. The van der Waals surface area contributed by atoms with Crippen LogP contribution in [0.5, 0.6) is 5.75 Å². The van der Waals surface area contributed by atoms with Gasteiger partial charge in [-0.05, 0) is 19.1 Å². The van der Waals surface area contributed by atoms with Crippen LogP contribution in [-0.2, 0) is 14.3 Å². The average Bonchev–Trinajstić information content (AvgIpc) is 3.02. The number of alkyl halides is 2. The lowest BCUT2D eigenvalue weighted by Gasteiger charge is -2.10. The normalized spacial score (nSPS) is 10.4. The number of esters is 1. The zero-order valence-electron chi connectivity index (χ0n) is 14.0. The van der Waals surface area contributed by atoms with Crippen LogP contribution in [-0.4, -0.2) is 42.7 Å². The molecule has 0 saturated carbocycles. The van der Waals surface area contributed by atoms with Gasteiger partial charge in [-0.2, -0.15) is 8.78 Å². The molecule has 0 fully saturated rings. The maximum Gasteiger partial charge on any atom is 0.387 e. The first-order valence-corrected chi connectivity index (χ1v) is 7.56. The number of hydrogen-bond donors (Lipinski definition) is 2. The summed E-state index contributed by atoms with van der Waals surface area (Å²) < 4.78 is 38.3. The third-order valence-electron chi connectivity index (χ3n) is 3.00. The summed E-state index contributed by atoms with van der Waals surface area (Å²) in [6, 6.07) is 6.78. The standard InChI is InChI=1S/C16H15F2N3O6/c1-9-6-12(21-27-9)20-13(22)8-25-14(23)7-19-15(24)10-4-2-3-5-11(10)26-16(17)18/h2-6,16H,7-8H2,1H3,(H,19,24)(H,20,21,22). The molecule has 0 atom stereocenters. The van der Waals surface area contributed by atoms with E-state index in [9.17, 15) is 23.2 Å². The Labute approximate surface area is 151 Å². The van der Waals surface area contributed by atoms with Gasteiger partial charge in [-0.3, -0.25) is 14.4 Å². The van der Waals surface area contributed by atoms with Crippen molar-refractivity contribution in [1.29, 1.82) is 0 Å². The Morgan fingerprint density at radius 3 is 2.67 bits per heavy atom. The fourth-order valence-electron chi connectivity index (χ4n) is 1.90. The monoisotopic (exact) mass is 383 g/mol. The van der Waals surface area contributed by atoms with Crippen LogP contribution in [0.1, 0.15) is 16.1 Å². The fourth-order valence-corrected chi connectivity index (χ4v) is 1.90. The van der Waals surface area contributed by atoms with E-state index in [2.05, 4.69) is 25.3 Å². The Morgan fingerprint density at radius 2 is 2.00 bits per heavy atom. The van der Waals surface area contributed by atoms with Crippen molar-refractivity contribution in [3.05, 3.63) is 41.7 Å². The van der Waals surface area contributed by atoms with Gasteiger partial charge < -0.3 is 24.6 Å². The summed E-state index contributed by atoms with van der Waals surface area (Å²) >= 11 is 0. The molecule has 9 nitrogen and oxygen atoms in total. The van der Waals surface area contributed by atoms with Gasteiger partial charge >= 0.3 is 12.6 Å². The van der Waals surface area contributed by atoms with E-state index in [0.29, 0.717) is 5.76 Å². The topological polar surface area (TPSA) is 120 Å². The SMILES string of the molecule is Cc1cc(NC(=O)COC(=O)CNC(=O)c2ccccc2OC(F)F)no1. The van der Waals surface area contributed by atoms with Crippen LogP contribution in [0.2, 0.25) is 0 Å². The second kappa shape index (κ2) is 9.27. The fraction of sp³-hybridized carbons (Fsp3) is 0.250. The Morgan fingerprint density at radius 1 is 1.26 bits per heavy atom. The van der Waals surface area contributed by atoms with Crippen LogP contribution < -0.4 is 15.4 Å². The number of para-hydroxylation sites is 1. The van der Waals surface area contributed by atoms with Gasteiger partial charge in [0.1, 0.15) is 18.1 Å². The maximum absolute atomic E-state index is 12.3. The third-order valence-corrected chi connectivity index (χ3v) is 3.00. The van der Waals surface area contributed by atoms with Crippen molar-refractivity contribution in [3.63, 3.8) is 0 Å². The van der Waals surface area contributed by atoms with Crippen LogP contribution in [0.15, 0.2) is 34.9 Å². The van der Waals surface area contributed by atoms with Gasteiger partial charge in [-0.25, -0.2) is 0 Å². The summed E-state index contributed by atoms with van der Waals surface area (Å²) in [5.74, 6) is -2.05. The van der Waals surface area contributed by atoms with E-state index in [1.54, 1.807) is 6.92 Å². The number of carbonyl (C=O) groups is 3. The first-order valence-electron chi connectivity index (χ1n) is 7.56. The Bertz CT molecular complexity index is 824. The molecule has 2 rings (SSSR count). The first-order chi connectivity index (χ1) is 12.8. The molecule has 144 valence electrons. The molecular weight excluding hydrogens is 368 g/mol. The van der Waals surface area contributed by atoms with Gasteiger partial charge in [0.15, 0.2) is 12.4 Å². The minimum absolute atomic E-state index is 0.164. The van der Waals surface area contributed by atoms with Crippen LogP contribution in [0.4, 0.5) is 14.6 Å². The van der Waals surface area contributed by atoms with Gasteiger partial charge in [0, 0.05) is 6.07 Å². The maximum atomic E-state index is 12.3. The molecule has 1 aromatic heterocycles. The van der Waals surface area contributed by atoms with Crippen molar-refractivity contribution in [3.8, 4) is 5.75 Å². The van der Waals surface area contributed by atoms with E-state index >= 15 is 0 Å². The average molecular weight is 383 g/mol. The number of nitrogens with one attached hydrogen (secondary N) is 2. The molecule has 2 amide bonds. The van der Waals surface area contributed by atoms with Crippen molar-refractivity contribution in [2.24, 2.45) is 0 Å². The summed E-state index contributed by atoms with van der Waals surface area (Å²) in [5, 5.41) is 8.07. The molecule has 0 spiro atoms. The second-order valence-electron chi connectivity index (χ2n) is 5.09. The molecule has 1 heterocycles. The summed E-state index contributed by atoms with van der Waals surface area (Å²) in [6.45, 7) is -2.64. The largest absolute Gasteiger partial charge is 0.454 e. The van der Waals surface area contributed by atoms with Gasteiger partial charge in [0.05, 0.1) is 5.56 Å². The van der Waals surface area contributed by atoms with Crippen LogP contribution in [0.3, 0.4) is 0 Å². The minimum atomic E-state index is -3.10. The van der Waals surface area contributed by atoms with E-state index in [-0.39, 0.29) is 17.1 Å². The van der Waals surface area contributed by atoms with E-state index in [1.807, 2.05) is 0 Å². The Balaban J connectivity index is 1.78. The van der Waals surface area contributed by atoms with Gasteiger partial charge in [0.25, 0.3) is 11.8 Å². The molecule has 2 aromatic rings. The lowest BCUT2D eigenvalue weighted by molar-refractivity contribution is -0.146. The number of ether oxygens (including phenoxy) is 2. The molecule has 1 aromatic carbocycles. The number of aromatic nitrogens is 1. The molecule has 0 aliphatic heterocycles. The lowest BCUT2D eigenvalue weighted by Crippen LogP contribution is -2.32. The molecule has 11 heteroatoms. The van der Waals surface area contributed by atoms with Crippen molar-refractivity contribution in [2.45, 2.75) is 13.5 Å². The zero-order chi connectivity index (χ0) is 19.8. The Kier molecular flexibility index (Phi) is 6.80. The molecule has 2 N–H and O–H groups in total. The number of anilines is 1. The van der Waals surface area contributed by atoms with E-state index < -0.39 is 37.5 Å². The van der Waals surface area contributed by atoms with Crippen LogP contribution in [0, 0.1) is 6.92 Å². The number of rotatable bonds is 8. The third kappa shape index (κ3) is 6.38. The van der Waals surface area contributed by atoms with Gasteiger partial charge in [0.2, 0.25) is 0 Å². The van der Waals surface area contributed by atoms with Crippen molar-refractivity contribution in [1.82, 2.24) is 10.5 Å². The number of amides is 2. The summed E-state index contributed by atoms with van der Waals surface area (Å²) in [7, 11) is 0. The highest BCUT2D eigenvalue weighted by molar-refractivity contribution is 5.98. The van der Waals surface area contributed by atoms with E-state index in [4.69, 9.17) is 4.52 Å².